The highest BCUT2D eigenvalue weighted by atomic mass is 16.4. The van der Waals surface area contributed by atoms with E-state index in [1.165, 1.54) is 0 Å². The van der Waals surface area contributed by atoms with Crippen LogP contribution in [0.15, 0.2) is 0 Å². The summed E-state index contributed by atoms with van der Waals surface area (Å²) in [6.45, 7) is 5.06. The highest BCUT2D eigenvalue weighted by Crippen LogP contribution is 2.08. The number of nitrogens with one attached hydrogen (secondary N) is 1. The van der Waals surface area contributed by atoms with Gasteiger partial charge in [-0.25, -0.2) is 0 Å². The van der Waals surface area contributed by atoms with Gasteiger partial charge in [0.2, 0.25) is 5.91 Å². The van der Waals surface area contributed by atoms with E-state index in [0.29, 0.717) is 0 Å². The molecule has 14 heavy (non-hydrogen) atoms. The second-order valence-electron chi connectivity index (χ2n) is 4.18. The number of amides is 1. The Balaban J connectivity index is 4.08. The Morgan fingerprint density at radius 2 is 2.00 bits per heavy atom. The first-order valence-electron chi connectivity index (χ1n) is 4.51. The SMILES string of the molecule is CC(N)CC(=O)NC(C)(C)CC(=O)O. The van der Waals surface area contributed by atoms with E-state index in [0.717, 1.165) is 0 Å². The topological polar surface area (TPSA) is 92.4 Å². The van der Waals surface area contributed by atoms with Crippen LogP contribution in [0.4, 0.5) is 0 Å². The van der Waals surface area contributed by atoms with Crippen LogP contribution in [0.3, 0.4) is 0 Å². The largest absolute Gasteiger partial charge is 0.481 e. The average Bonchev–Trinajstić information content (AvgIpc) is 1.77. The molecule has 0 heterocycles. The molecule has 82 valence electrons. The summed E-state index contributed by atoms with van der Waals surface area (Å²) in [6.07, 6.45) is 0.112. The molecule has 0 aliphatic carbocycles. The van der Waals surface area contributed by atoms with Gasteiger partial charge < -0.3 is 16.2 Å². The third-order valence-electron chi connectivity index (χ3n) is 1.58. The van der Waals surface area contributed by atoms with E-state index in [1.807, 2.05) is 0 Å². The minimum Gasteiger partial charge on any atom is -0.481 e. The third kappa shape index (κ3) is 6.42. The number of carboxylic acid groups (broad SMARTS) is 1. The standard InChI is InChI=1S/C9H18N2O3/c1-6(10)4-7(12)11-9(2,3)5-8(13)14/h6H,4-5,10H2,1-3H3,(H,11,12)(H,13,14). The summed E-state index contributed by atoms with van der Waals surface area (Å²) < 4.78 is 0. The first-order chi connectivity index (χ1) is 6.23. The molecule has 0 aromatic rings. The fraction of sp³-hybridized carbons (Fsp3) is 0.778. The van der Waals surface area contributed by atoms with Crippen molar-refractivity contribution in [1.82, 2.24) is 5.32 Å². The quantitative estimate of drug-likeness (QED) is 0.589. The highest BCUT2D eigenvalue weighted by molar-refractivity contribution is 5.78. The van der Waals surface area contributed by atoms with Crippen LogP contribution in [-0.2, 0) is 9.59 Å². The number of hydrogen-bond acceptors (Lipinski definition) is 3. The van der Waals surface area contributed by atoms with Gasteiger partial charge in [0.05, 0.1) is 6.42 Å². The van der Waals surface area contributed by atoms with E-state index in [-0.39, 0.29) is 24.8 Å². The maximum atomic E-state index is 11.3. The maximum absolute atomic E-state index is 11.3. The Hall–Kier alpha value is -1.10. The molecule has 0 saturated heterocycles. The summed E-state index contributed by atoms with van der Waals surface area (Å²) in [4.78, 5) is 21.7. The van der Waals surface area contributed by atoms with Crippen molar-refractivity contribution in [1.29, 1.82) is 0 Å². The molecule has 0 bridgehead atoms. The minimum atomic E-state index is -0.934. The van der Waals surface area contributed by atoms with Crippen molar-refractivity contribution in [2.24, 2.45) is 5.73 Å². The van der Waals surface area contributed by atoms with Gasteiger partial charge in [0.25, 0.3) is 0 Å². The van der Waals surface area contributed by atoms with Gasteiger partial charge in [0.1, 0.15) is 0 Å². The van der Waals surface area contributed by atoms with E-state index in [9.17, 15) is 9.59 Å². The molecule has 0 spiro atoms. The van der Waals surface area contributed by atoms with Gasteiger partial charge in [-0.15, -0.1) is 0 Å². The lowest BCUT2D eigenvalue weighted by atomic mass is 10.0. The van der Waals surface area contributed by atoms with Crippen molar-refractivity contribution in [2.75, 3.05) is 0 Å². The van der Waals surface area contributed by atoms with Gasteiger partial charge in [-0.2, -0.15) is 0 Å². The number of carboxylic acids is 1. The van der Waals surface area contributed by atoms with Crippen LogP contribution in [0, 0.1) is 0 Å². The van der Waals surface area contributed by atoms with E-state index < -0.39 is 11.5 Å². The molecule has 5 heteroatoms. The predicted octanol–water partition coefficient (Wildman–Crippen LogP) is 0.0932. The van der Waals surface area contributed by atoms with E-state index in [1.54, 1.807) is 20.8 Å². The molecule has 0 radical (unpaired) electrons. The summed E-state index contributed by atoms with van der Waals surface area (Å²) in [7, 11) is 0. The lowest BCUT2D eigenvalue weighted by Crippen LogP contribution is -2.46. The average molecular weight is 202 g/mol. The van der Waals surface area contributed by atoms with Gasteiger partial charge in [-0.05, 0) is 20.8 Å². The monoisotopic (exact) mass is 202 g/mol. The molecule has 0 aliphatic rings. The van der Waals surface area contributed by atoms with E-state index >= 15 is 0 Å². The van der Waals surface area contributed by atoms with Crippen LogP contribution in [0.2, 0.25) is 0 Å². The van der Waals surface area contributed by atoms with E-state index in [4.69, 9.17) is 10.8 Å². The predicted molar refractivity (Wildman–Crippen MR) is 52.7 cm³/mol. The molecule has 4 N–H and O–H groups in total. The zero-order valence-electron chi connectivity index (χ0n) is 8.83. The minimum absolute atomic E-state index is 0.0995. The molecular formula is C9H18N2O3. The molecule has 1 atom stereocenters. The molecule has 0 aliphatic heterocycles. The van der Waals surface area contributed by atoms with Crippen LogP contribution in [-0.4, -0.2) is 28.6 Å². The van der Waals surface area contributed by atoms with Gasteiger partial charge in [0, 0.05) is 18.0 Å². The van der Waals surface area contributed by atoms with Crippen LogP contribution < -0.4 is 11.1 Å². The van der Waals surface area contributed by atoms with Gasteiger partial charge >= 0.3 is 5.97 Å². The van der Waals surface area contributed by atoms with Crippen LogP contribution in [0.5, 0.6) is 0 Å². The Morgan fingerprint density at radius 1 is 1.50 bits per heavy atom. The highest BCUT2D eigenvalue weighted by Gasteiger charge is 2.23. The Morgan fingerprint density at radius 3 is 2.36 bits per heavy atom. The number of hydrogen-bond donors (Lipinski definition) is 3. The van der Waals surface area contributed by atoms with Gasteiger partial charge in [-0.3, -0.25) is 9.59 Å². The Kier molecular flexibility index (Phi) is 4.56. The van der Waals surface area contributed by atoms with Crippen molar-refractivity contribution in [3.8, 4) is 0 Å². The smallest absolute Gasteiger partial charge is 0.305 e. The molecule has 0 rings (SSSR count). The molecule has 1 amide bonds. The molecule has 0 saturated carbocycles. The van der Waals surface area contributed by atoms with E-state index in [2.05, 4.69) is 5.32 Å². The molecule has 1 unspecified atom stereocenters. The number of carbonyl (C=O) groups excluding carboxylic acids is 1. The molecule has 0 aromatic carbocycles. The van der Waals surface area contributed by atoms with Crippen molar-refractivity contribution >= 4 is 11.9 Å². The molecule has 0 fully saturated rings. The Bertz CT molecular complexity index is 224. The van der Waals surface area contributed by atoms with Crippen molar-refractivity contribution in [3.05, 3.63) is 0 Å². The van der Waals surface area contributed by atoms with Crippen LogP contribution in [0.25, 0.3) is 0 Å². The number of carbonyl (C=O) groups is 2. The first kappa shape index (κ1) is 12.9. The normalized spacial score (nSPS) is 13.4. The summed E-state index contributed by atoms with van der Waals surface area (Å²) in [6, 6.07) is -0.212. The number of nitrogens with two attached hydrogens (primary N) is 1. The molecule has 5 nitrogen and oxygen atoms in total. The summed E-state index contributed by atoms with van der Waals surface area (Å²) in [5.41, 5.74) is 4.71. The van der Waals surface area contributed by atoms with Crippen molar-refractivity contribution < 1.29 is 14.7 Å². The fourth-order valence-corrected chi connectivity index (χ4v) is 1.14. The first-order valence-corrected chi connectivity index (χ1v) is 4.51. The van der Waals surface area contributed by atoms with Crippen molar-refractivity contribution in [3.63, 3.8) is 0 Å². The zero-order valence-corrected chi connectivity index (χ0v) is 8.83. The summed E-state index contributed by atoms with van der Waals surface area (Å²) in [5.74, 6) is -1.15. The number of aliphatic carboxylic acids is 1. The maximum Gasteiger partial charge on any atom is 0.305 e. The van der Waals surface area contributed by atoms with Crippen LogP contribution >= 0.6 is 0 Å². The number of rotatable bonds is 5. The zero-order chi connectivity index (χ0) is 11.4. The fourth-order valence-electron chi connectivity index (χ4n) is 1.14. The summed E-state index contributed by atoms with van der Waals surface area (Å²) >= 11 is 0. The molecule has 0 aromatic heterocycles. The summed E-state index contributed by atoms with van der Waals surface area (Å²) in [5, 5.41) is 11.2. The Labute approximate surface area is 83.7 Å². The lowest BCUT2D eigenvalue weighted by molar-refractivity contribution is -0.138. The van der Waals surface area contributed by atoms with Gasteiger partial charge in [0.15, 0.2) is 0 Å². The van der Waals surface area contributed by atoms with Crippen LogP contribution in [0.1, 0.15) is 33.6 Å². The second kappa shape index (κ2) is 4.95. The van der Waals surface area contributed by atoms with Gasteiger partial charge in [-0.1, -0.05) is 0 Å². The van der Waals surface area contributed by atoms with Crippen molar-refractivity contribution in [2.45, 2.75) is 45.2 Å². The third-order valence-corrected chi connectivity index (χ3v) is 1.58. The molecular weight excluding hydrogens is 184 g/mol. The lowest BCUT2D eigenvalue weighted by Gasteiger charge is -2.24. The second-order valence-corrected chi connectivity index (χ2v) is 4.18.